The molecular weight excluding hydrogens is 406 g/mol. The van der Waals surface area contributed by atoms with Crippen LogP contribution in [0, 0.1) is 0 Å². The van der Waals surface area contributed by atoms with E-state index in [1.165, 1.54) is 0 Å². The number of hydrogen-bond donors (Lipinski definition) is 3. The fourth-order valence-electron chi connectivity index (χ4n) is 3.87. The molecule has 2 aromatic heterocycles. The van der Waals surface area contributed by atoms with Crippen LogP contribution in [0.5, 0.6) is 5.75 Å². The summed E-state index contributed by atoms with van der Waals surface area (Å²) in [6.45, 7) is 3.69. The third-order valence-corrected chi connectivity index (χ3v) is 5.40. The van der Waals surface area contributed by atoms with Gasteiger partial charge in [-0.2, -0.15) is 0 Å². The van der Waals surface area contributed by atoms with Crippen molar-refractivity contribution in [2.75, 3.05) is 12.3 Å². The number of rotatable bonds is 9. The number of hydrogen-bond acceptors (Lipinski definition) is 5. The fraction of sp³-hybridized carbons (Fsp3) is 0.292. The van der Waals surface area contributed by atoms with E-state index >= 15 is 0 Å². The van der Waals surface area contributed by atoms with Gasteiger partial charge in [-0.1, -0.05) is 37.3 Å². The zero-order chi connectivity index (χ0) is 22.5. The van der Waals surface area contributed by atoms with Crippen molar-refractivity contribution in [1.29, 1.82) is 0 Å². The Morgan fingerprint density at radius 2 is 1.97 bits per heavy atom. The molecule has 2 aromatic carbocycles. The van der Waals surface area contributed by atoms with Crippen LogP contribution in [0.1, 0.15) is 31.2 Å². The van der Waals surface area contributed by atoms with Gasteiger partial charge in [-0.25, -0.2) is 14.8 Å². The highest BCUT2D eigenvalue weighted by molar-refractivity contribution is 6.06. The van der Waals surface area contributed by atoms with Crippen molar-refractivity contribution in [3.05, 3.63) is 59.9 Å². The number of nitrogens with zero attached hydrogens (tertiary/aromatic N) is 3. The zero-order valence-corrected chi connectivity index (χ0v) is 18.0. The minimum Gasteiger partial charge on any atom is -0.489 e. The summed E-state index contributed by atoms with van der Waals surface area (Å²) in [5.41, 5.74) is 9.81. The number of amides is 1. The molecule has 0 atom stereocenters. The van der Waals surface area contributed by atoms with Gasteiger partial charge in [0.1, 0.15) is 23.7 Å². The molecular formula is C24H27N5O3. The number of imidazole rings is 1. The number of aryl methyl sites for hydroxylation is 2. The first-order chi connectivity index (χ1) is 15.6. The lowest BCUT2D eigenvalue weighted by atomic mass is 10.1. The molecule has 0 unspecified atom stereocenters. The van der Waals surface area contributed by atoms with E-state index in [-0.39, 0.29) is 0 Å². The van der Waals surface area contributed by atoms with Gasteiger partial charge in [0, 0.05) is 31.0 Å². The van der Waals surface area contributed by atoms with Gasteiger partial charge in [-0.3, -0.25) is 0 Å². The number of nitrogens with one attached hydrogen (secondary N) is 1. The highest BCUT2D eigenvalue weighted by Crippen LogP contribution is 2.31. The largest absolute Gasteiger partial charge is 0.489 e. The molecule has 0 spiro atoms. The van der Waals surface area contributed by atoms with Crippen LogP contribution in [0.15, 0.2) is 48.5 Å². The van der Waals surface area contributed by atoms with Crippen LogP contribution in [0.25, 0.3) is 21.9 Å². The molecule has 0 aliphatic rings. The monoisotopic (exact) mass is 433 g/mol. The number of nitrogen functional groups attached to an aromatic ring is 1. The number of benzene rings is 2. The Kier molecular flexibility index (Phi) is 6.39. The fourth-order valence-corrected chi connectivity index (χ4v) is 3.87. The summed E-state index contributed by atoms with van der Waals surface area (Å²) in [5.74, 6) is 2.07. The van der Waals surface area contributed by atoms with Gasteiger partial charge >= 0.3 is 6.09 Å². The molecule has 4 aromatic rings. The van der Waals surface area contributed by atoms with Gasteiger partial charge in [0.2, 0.25) is 0 Å². The first-order valence-electron chi connectivity index (χ1n) is 10.8. The molecule has 1 amide bonds. The summed E-state index contributed by atoms with van der Waals surface area (Å²) in [7, 11) is 0. The Hall–Kier alpha value is -3.81. The molecule has 0 bridgehead atoms. The minimum atomic E-state index is -0.998. The van der Waals surface area contributed by atoms with E-state index in [4.69, 9.17) is 20.6 Å². The molecule has 4 rings (SSSR count). The van der Waals surface area contributed by atoms with Crippen molar-refractivity contribution < 1.29 is 14.6 Å². The number of fused-ring (bicyclic) bond motifs is 3. The van der Waals surface area contributed by atoms with Crippen molar-refractivity contribution in [2.45, 2.75) is 39.3 Å². The third kappa shape index (κ3) is 4.59. The Balaban J connectivity index is 1.63. The number of nitrogens with two attached hydrogens (primary N) is 1. The molecule has 0 fully saturated rings. The average Bonchev–Trinajstić information content (AvgIpc) is 3.17. The van der Waals surface area contributed by atoms with E-state index in [2.05, 4.69) is 21.8 Å². The van der Waals surface area contributed by atoms with Crippen LogP contribution >= 0.6 is 0 Å². The van der Waals surface area contributed by atoms with Crippen molar-refractivity contribution in [2.24, 2.45) is 0 Å². The Morgan fingerprint density at radius 3 is 2.72 bits per heavy atom. The minimum absolute atomic E-state index is 0.397. The van der Waals surface area contributed by atoms with Crippen molar-refractivity contribution in [1.82, 2.24) is 19.9 Å². The second-order valence-corrected chi connectivity index (χ2v) is 7.62. The summed E-state index contributed by atoms with van der Waals surface area (Å²) in [6.07, 6.45) is 1.33. The maximum Gasteiger partial charge on any atom is 0.404 e. The van der Waals surface area contributed by atoms with Gasteiger partial charge in [0.15, 0.2) is 5.82 Å². The maximum atomic E-state index is 10.6. The van der Waals surface area contributed by atoms with Gasteiger partial charge in [0.25, 0.3) is 0 Å². The normalized spacial score (nSPS) is 11.2. The first-order valence-corrected chi connectivity index (χ1v) is 10.8. The van der Waals surface area contributed by atoms with E-state index < -0.39 is 6.09 Å². The van der Waals surface area contributed by atoms with Crippen molar-refractivity contribution in [3.8, 4) is 5.75 Å². The quantitative estimate of drug-likeness (QED) is 0.338. The van der Waals surface area contributed by atoms with Gasteiger partial charge < -0.3 is 25.5 Å². The van der Waals surface area contributed by atoms with E-state index in [1.54, 1.807) is 0 Å². The van der Waals surface area contributed by atoms with Crippen molar-refractivity contribution in [3.63, 3.8) is 0 Å². The number of carboxylic acid groups (broad SMARTS) is 1. The number of ether oxygens (including phenoxy) is 1. The second-order valence-electron chi connectivity index (χ2n) is 7.62. The molecule has 0 aliphatic heterocycles. The lowest BCUT2D eigenvalue weighted by Crippen LogP contribution is -2.22. The molecule has 0 aliphatic carbocycles. The standard InChI is InChI=1S/C24H27N5O3/c1-2-20-28-21-22(29(20)13-7-6-12-26-24(30)31)18-11-10-17(14-19(18)27-23(21)25)32-15-16-8-4-3-5-9-16/h3-5,8-11,14,26H,2,6-7,12-13,15H2,1H3,(H2,25,27)(H,30,31). The first kappa shape index (κ1) is 21.4. The molecule has 0 radical (unpaired) electrons. The molecule has 2 heterocycles. The molecule has 0 saturated carbocycles. The van der Waals surface area contributed by atoms with Gasteiger partial charge in [0.05, 0.1) is 11.0 Å². The summed E-state index contributed by atoms with van der Waals surface area (Å²) >= 11 is 0. The second kappa shape index (κ2) is 9.55. The maximum absolute atomic E-state index is 10.6. The lowest BCUT2D eigenvalue weighted by molar-refractivity contribution is 0.194. The van der Waals surface area contributed by atoms with Crippen LogP contribution in [-0.2, 0) is 19.6 Å². The van der Waals surface area contributed by atoms with Gasteiger partial charge in [-0.15, -0.1) is 0 Å². The summed E-state index contributed by atoms with van der Waals surface area (Å²) < 4.78 is 8.14. The van der Waals surface area contributed by atoms with Crippen LogP contribution in [0.4, 0.5) is 10.6 Å². The average molecular weight is 434 g/mol. The highest BCUT2D eigenvalue weighted by atomic mass is 16.5. The highest BCUT2D eigenvalue weighted by Gasteiger charge is 2.17. The van der Waals surface area contributed by atoms with E-state index in [9.17, 15) is 4.79 Å². The Labute approximate surface area is 186 Å². The number of anilines is 1. The summed E-state index contributed by atoms with van der Waals surface area (Å²) in [4.78, 5) is 20.0. The number of pyridine rings is 1. The number of unbranched alkanes of at least 4 members (excludes halogenated alkanes) is 1. The topological polar surface area (TPSA) is 115 Å². The van der Waals surface area contributed by atoms with E-state index in [1.807, 2.05) is 48.5 Å². The number of aromatic nitrogens is 3. The smallest absolute Gasteiger partial charge is 0.404 e. The molecule has 166 valence electrons. The lowest BCUT2D eigenvalue weighted by Gasteiger charge is -2.11. The molecule has 8 nitrogen and oxygen atoms in total. The Morgan fingerprint density at radius 1 is 1.16 bits per heavy atom. The predicted octanol–water partition coefficient (Wildman–Crippen LogP) is 4.36. The van der Waals surface area contributed by atoms with Crippen molar-refractivity contribution >= 4 is 33.8 Å². The predicted molar refractivity (Wildman–Crippen MR) is 125 cm³/mol. The van der Waals surface area contributed by atoms with Crippen LogP contribution in [-0.4, -0.2) is 32.3 Å². The van der Waals surface area contributed by atoms with Crippen LogP contribution in [0.2, 0.25) is 0 Å². The SMILES string of the molecule is CCc1nc2c(N)nc3cc(OCc4ccccc4)ccc3c2n1CCCCNC(=O)O. The third-order valence-electron chi connectivity index (χ3n) is 5.40. The van der Waals surface area contributed by atoms with E-state index in [0.29, 0.717) is 24.5 Å². The van der Waals surface area contributed by atoms with Gasteiger partial charge in [-0.05, 0) is 30.5 Å². The van der Waals surface area contributed by atoms with Crippen LogP contribution < -0.4 is 15.8 Å². The molecule has 4 N–H and O–H groups in total. The Bertz CT molecular complexity index is 1240. The molecule has 32 heavy (non-hydrogen) atoms. The number of carbonyl (C=O) groups is 1. The molecule has 0 saturated heterocycles. The van der Waals surface area contributed by atoms with Crippen LogP contribution in [0.3, 0.4) is 0 Å². The zero-order valence-electron chi connectivity index (χ0n) is 18.0. The summed E-state index contributed by atoms with van der Waals surface area (Å²) in [5, 5.41) is 12.1. The van der Waals surface area contributed by atoms with E-state index in [0.717, 1.165) is 59.4 Å². The summed E-state index contributed by atoms with van der Waals surface area (Å²) in [6, 6.07) is 15.9. The molecule has 8 heteroatoms.